The van der Waals surface area contributed by atoms with Gasteiger partial charge in [0.15, 0.2) is 5.78 Å². The lowest BCUT2D eigenvalue weighted by molar-refractivity contribution is 0.103. The maximum atomic E-state index is 12.3. The molecule has 2 aromatic rings. The molecule has 2 heterocycles. The molecule has 17 heavy (non-hydrogen) atoms. The Balaban J connectivity index is 2.47. The Morgan fingerprint density at radius 2 is 1.82 bits per heavy atom. The zero-order valence-electron chi connectivity index (χ0n) is 10.5. The number of aryl methyl sites for hydroxylation is 4. The number of furan rings is 1. The molecule has 0 aliphatic heterocycles. The maximum Gasteiger partial charge on any atom is 0.198 e. The zero-order chi connectivity index (χ0) is 12.6. The summed E-state index contributed by atoms with van der Waals surface area (Å²) in [5.74, 6) is 1.39. The Bertz CT molecular complexity index is 582. The van der Waals surface area contributed by atoms with Crippen molar-refractivity contribution in [1.29, 1.82) is 0 Å². The molecule has 3 nitrogen and oxygen atoms in total. The monoisotopic (exact) mass is 229 g/mol. The van der Waals surface area contributed by atoms with Crippen molar-refractivity contribution in [2.24, 2.45) is 0 Å². The smallest absolute Gasteiger partial charge is 0.198 e. The Kier molecular flexibility index (Phi) is 2.84. The molecule has 2 rings (SSSR count). The van der Waals surface area contributed by atoms with Gasteiger partial charge in [-0.15, -0.1) is 0 Å². The topological polar surface area (TPSA) is 43.1 Å². The number of aromatic nitrogens is 1. The molecule has 0 bridgehead atoms. The fourth-order valence-corrected chi connectivity index (χ4v) is 1.93. The molecule has 3 heteroatoms. The van der Waals surface area contributed by atoms with Gasteiger partial charge < -0.3 is 4.42 Å². The van der Waals surface area contributed by atoms with Crippen LogP contribution >= 0.6 is 0 Å². The second-order valence-electron chi connectivity index (χ2n) is 4.24. The van der Waals surface area contributed by atoms with Crippen molar-refractivity contribution >= 4 is 5.78 Å². The number of carbonyl (C=O) groups is 1. The van der Waals surface area contributed by atoms with Crippen LogP contribution < -0.4 is 0 Å². The molecule has 0 radical (unpaired) electrons. The summed E-state index contributed by atoms with van der Waals surface area (Å²) in [6.45, 7) is 7.40. The van der Waals surface area contributed by atoms with Crippen LogP contribution in [0.2, 0.25) is 0 Å². The van der Waals surface area contributed by atoms with Gasteiger partial charge in [0.25, 0.3) is 0 Å². The molecule has 0 N–H and O–H groups in total. The quantitative estimate of drug-likeness (QED) is 0.743. The number of ketones is 1. The largest absolute Gasteiger partial charge is 0.466 e. The molecular weight excluding hydrogens is 214 g/mol. The third-order valence-electron chi connectivity index (χ3n) is 2.76. The van der Waals surface area contributed by atoms with E-state index in [1.54, 1.807) is 13.0 Å². The number of hydrogen-bond donors (Lipinski definition) is 0. The highest BCUT2D eigenvalue weighted by molar-refractivity contribution is 6.10. The average Bonchev–Trinajstić information content (AvgIpc) is 2.57. The summed E-state index contributed by atoms with van der Waals surface area (Å²) in [4.78, 5) is 16.6. The lowest BCUT2D eigenvalue weighted by Crippen LogP contribution is -2.05. The first-order valence-electron chi connectivity index (χ1n) is 5.55. The predicted octanol–water partition coefficient (Wildman–Crippen LogP) is 3.14. The first kappa shape index (κ1) is 11.6. The number of carbonyl (C=O) groups excluding carboxylic acids is 1. The summed E-state index contributed by atoms with van der Waals surface area (Å²) < 4.78 is 5.38. The molecule has 2 aromatic heterocycles. The van der Waals surface area contributed by atoms with Crippen molar-refractivity contribution in [2.75, 3.05) is 0 Å². The van der Waals surface area contributed by atoms with Crippen LogP contribution in [0.1, 0.15) is 38.8 Å². The molecule has 0 spiro atoms. The molecule has 0 saturated carbocycles. The highest BCUT2D eigenvalue weighted by Gasteiger charge is 2.17. The van der Waals surface area contributed by atoms with Crippen molar-refractivity contribution in [2.45, 2.75) is 27.7 Å². The van der Waals surface area contributed by atoms with E-state index in [1.165, 1.54) is 0 Å². The van der Waals surface area contributed by atoms with Crippen LogP contribution in [0.4, 0.5) is 0 Å². The predicted molar refractivity (Wildman–Crippen MR) is 65.3 cm³/mol. The van der Waals surface area contributed by atoms with Crippen LogP contribution in [0.5, 0.6) is 0 Å². The van der Waals surface area contributed by atoms with Crippen LogP contribution in [0.25, 0.3) is 0 Å². The lowest BCUT2D eigenvalue weighted by Gasteiger charge is -2.04. The summed E-state index contributed by atoms with van der Waals surface area (Å²) in [5.41, 5.74) is 2.93. The lowest BCUT2D eigenvalue weighted by atomic mass is 10.0. The summed E-state index contributed by atoms with van der Waals surface area (Å²) in [5, 5.41) is 0. The van der Waals surface area contributed by atoms with Crippen LogP contribution in [0, 0.1) is 27.7 Å². The summed E-state index contributed by atoms with van der Waals surface area (Å²) in [7, 11) is 0. The minimum absolute atomic E-state index is 0.0237. The normalized spacial score (nSPS) is 10.6. The maximum absolute atomic E-state index is 12.3. The first-order valence-corrected chi connectivity index (χ1v) is 5.55. The fraction of sp³-hybridized carbons (Fsp3) is 0.286. The summed E-state index contributed by atoms with van der Waals surface area (Å²) in [6.07, 6.45) is 0. The third kappa shape index (κ3) is 2.13. The molecule has 0 saturated heterocycles. The Hall–Kier alpha value is -1.90. The van der Waals surface area contributed by atoms with Gasteiger partial charge in [0, 0.05) is 17.0 Å². The molecule has 0 aliphatic carbocycles. The second-order valence-corrected chi connectivity index (χ2v) is 4.24. The van der Waals surface area contributed by atoms with E-state index in [2.05, 4.69) is 4.98 Å². The van der Waals surface area contributed by atoms with Gasteiger partial charge in [-0.2, -0.15) is 0 Å². The van der Waals surface area contributed by atoms with E-state index in [0.29, 0.717) is 16.9 Å². The van der Waals surface area contributed by atoms with Gasteiger partial charge in [-0.3, -0.25) is 9.78 Å². The number of rotatable bonds is 2. The van der Waals surface area contributed by atoms with Gasteiger partial charge in [0.1, 0.15) is 11.5 Å². The van der Waals surface area contributed by atoms with Crippen molar-refractivity contribution in [3.63, 3.8) is 0 Å². The van der Waals surface area contributed by atoms with Gasteiger partial charge in [-0.25, -0.2) is 0 Å². The summed E-state index contributed by atoms with van der Waals surface area (Å²) >= 11 is 0. The Labute approximate surface area is 100 Å². The van der Waals surface area contributed by atoms with E-state index in [4.69, 9.17) is 4.42 Å². The fourth-order valence-electron chi connectivity index (χ4n) is 1.93. The van der Waals surface area contributed by atoms with E-state index < -0.39 is 0 Å². The molecule has 0 atom stereocenters. The zero-order valence-corrected chi connectivity index (χ0v) is 10.5. The molecule has 0 unspecified atom stereocenters. The minimum atomic E-state index is -0.0237. The molecule has 0 aromatic carbocycles. The van der Waals surface area contributed by atoms with Crippen LogP contribution in [0.15, 0.2) is 22.6 Å². The third-order valence-corrected chi connectivity index (χ3v) is 2.76. The summed E-state index contributed by atoms with van der Waals surface area (Å²) in [6, 6.07) is 5.45. The van der Waals surface area contributed by atoms with Gasteiger partial charge in [-0.1, -0.05) is 0 Å². The molecule has 0 fully saturated rings. The molecule has 0 amide bonds. The Morgan fingerprint density at radius 3 is 2.35 bits per heavy atom. The van der Waals surface area contributed by atoms with Gasteiger partial charge in [0.2, 0.25) is 0 Å². The second kappa shape index (κ2) is 4.17. The van der Waals surface area contributed by atoms with Crippen molar-refractivity contribution in [1.82, 2.24) is 4.98 Å². The minimum Gasteiger partial charge on any atom is -0.466 e. The molecule has 0 aliphatic rings. The molecule has 88 valence electrons. The van der Waals surface area contributed by atoms with Gasteiger partial charge >= 0.3 is 0 Å². The average molecular weight is 229 g/mol. The van der Waals surface area contributed by atoms with E-state index in [0.717, 1.165) is 17.1 Å². The van der Waals surface area contributed by atoms with Crippen molar-refractivity contribution in [3.8, 4) is 0 Å². The SMILES string of the molecule is Cc1ccc(C(=O)c2cc(C)oc2C)c(C)n1. The van der Waals surface area contributed by atoms with E-state index in [1.807, 2.05) is 32.9 Å². The van der Waals surface area contributed by atoms with Gasteiger partial charge in [0.05, 0.1) is 5.56 Å². The number of hydrogen-bond acceptors (Lipinski definition) is 3. The van der Waals surface area contributed by atoms with Crippen LogP contribution in [0.3, 0.4) is 0 Å². The standard InChI is InChI=1S/C14H15NO2/c1-8-5-6-12(10(3)15-8)14(16)13-7-9(2)17-11(13)4/h5-7H,1-4H3. The molecular formula is C14H15NO2. The van der Waals surface area contributed by atoms with Crippen molar-refractivity contribution in [3.05, 3.63) is 52.2 Å². The van der Waals surface area contributed by atoms with Crippen molar-refractivity contribution < 1.29 is 9.21 Å². The van der Waals surface area contributed by atoms with E-state index in [9.17, 15) is 4.79 Å². The van der Waals surface area contributed by atoms with Crippen LogP contribution in [-0.2, 0) is 0 Å². The Morgan fingerprint density at radius 1 is 1.12 bits per heavy atom. The highest BCUT2D eigenvalue weighted by atomic mass is 16.3. The van der Waals surface area contributed by atoms with Gasteiger partial charge in [-0.05, 0) is 45.9 Å². The number of nitrogens with zero attached hydrogens (tertiary/aromatic N) is 1. The van der Waals surface area contributed by atoms with E-state index in [-0.39, 0.29) is 5.78 Å². The van der Waals surface area contributed by atoms with E-state index >= 15 is 0 Å². The highest BCUT2D eigenvalue weighted by Crippen LogP contribution is 2.19. The number of pyridine rings is 1. The first-order chi connectivity index (χ1) is 7.99. The van der Waals surface area contributed by atoms with Crippen LogP contribution in [-0.4, -0.2) is 10.8 Å².